The molecule has 1 aromatic heterocycles. The zero-order valence-corrected chi connectivity index (χ0v) is 19.7. The molecule has 0 saturated heterocycles. The van der Waals surface area contributed by atoms with Gasteiger partial charge in [-0.05, 0) is 29.7 Å². The van der Waals surface area contributed by atoms with Crippen molar-refractivity contribution >= 4 is 17.5 Å². The van der Waals surface area contributed by atoms with Crippen molar-refractivity contribution in [3.8, 4) is 5.75 Å². The van der Waals surface area contributed by atoms with Crippen molar-refractivity contribution in [3.63, 3.8) is 0 Å². The van der Waals surface area contributed by atoms with Gasteiger partial charge in [-0.2, -0.15) is 5.10 Å². The van der Waals surface area contributed by atoms with E-state index in [0.29, 0.717) is 13.0 Å². The minimum atomic E-state index is -0.231. The van der Waals surface area contributed by atoms with Crippen LogP contribution in [0.1, 0.15) is 54.5 Å². The van der Waals surface area contributed by atoms with Crippen LogP contribution in [0, 0.1) is 0 Å². The van der Waals surface area contributed by atoms with Gasteiger partial charge >= 0.3 is 0 Å². The van der Waals surface area contributed by atoms with E-state index >= 15 is 0 Å². The number of hydrogen-bond acceptors (Lipinski definition) is 6. The molecule has 0 fully saturated rings. The van der Waals surface area contributed by atoms with Gasteiger partial charge in [0, 0.05) is 32.2 Å². The number of aryl methyl sites for hydroxylation is 1. The Balaban J connectivity index is 1.24. The predicted octanol–water partition coefficient (Wildman–Crippen LogP) is 3.01. The standard InChI is InChI=1S/C26H28N6O3/c1-35-20-11-9-19(10-12-20)22-16-21(18-6-3-2-4-7-18)30-32(22)26(34)14-13-25(33)27-17-24-29-28-23-8-5-15-31(23)24/h2-4,6-7,9-12,22H,5,8,13-17H2,1H3,(H,27,33). The zero-order chi connectivity index (χ0) is 24.2. The molecular weight excluding hydrogens is 444 g/mol. The molecule has 5 rings (SSSR count). The van der Waals surface area contributed by atoms with E-state index in [9.17, 15) is 9.59 Å². The van der Waals surface area contributed by atoms with Crippen molar-refractivity contribution in [2.24, 2.45) is 5.10 Å². The van der Waals surface area contributed by atoms with Crippen LogP contribution >= 0.6 is 0 Å². The van der Waals surface area contributed by atoms with E-state index in [1.54, 1.807) is 7.11 Å². The van der Waals surface area contributed by atoms with Gasteiger partial charge in [0.1, 0.15) is 11.6 Å². The fourth-order valence-electron chi connectivity index (χ4n) is 4.57. The van der Waals surface area contributed by atoms with Gasteiger partial charge in [0.15, 0.2) is 5.82 Å². The Bertz CT molecular complexity index is 1240. The van der Waals surface area contributed by atoms with Gasteiger partial charge in [0.2, 0.25) is 11.8 Å². The number of aromatic nitrogens is 3. The largest absolute Gasteiger partial charge is 0.497 e. The number of nitrogens with one attached hydrogen (secondary N) is 1. The predicted molar refractivity (Wildman–Crippen MR) is 130 cm³/mol. The van der Waals surface area contributed by atoms with Crippen LogP contribution in [-0.4, -0.2) is 44.4 Å². The van der Waals surface area contributed by atoms with E-state index in [0.717, 1.165) is 53.6 Å². The Hall–Kier alpha value is -4.01. The summed E-state index contributed by atoms with van der Waals surface area (Å²) in [6.45, 7) is 1.20. The van der Waals surface area contributed by atoms with E-state index in [4.69, 9.17) is 4.74 Å². The molecule has 1 unspecified atom stereocenters. The maximum atomic E-state index is 13.2. The summed E-state index contributed by atoms with van der Waals surface area (Å²) in [6, 6.07) is 17.3. The highest BCUT2D eigenvalue weighted by Gasteiger charge is 2.33. The highest BCUT2D eigenvalue weighted by molar-refractivity contribution is 6.03. The number of carbonyl (C=O) groups is 2. The molecule has 3 heterocycles. The fraction of sp³-hybridized carbons (Fsp3) is 0.346. The summed E-state index contributed by atoms with van der Waals surface area (Å²) in [6.07, 6.45) is 2.74. The van der Waals surface area contributed by atoms with Crippen molar-refractivity contribution < 1.29 is 14.3 Å². The average molecular weight is 473 g/mol. The van der Waals surface area contributed by atoms with Crippen molar-refractivity contribution in [2.75, 3.05) is 7.11 Å². The lowest BCUT2D eigenvalue weighted by Crippen LogP contribution is -2.30. The molecule has 0 saturated carbocycles. The van der Waals surface area contributed by atoms with Crippen LogP contribution in [0.25, 0.3) is 0 Å². The number of ether oxygens (including phenoxy) is 1. The molecule has 2 amide bonds. The zero-order valence-electron chi connectivity index (χ0n) is 19.7. The summed E-state index contributed by atoms with van der Waals surface area (Å²) in [4.78, 5) is 25.7. The minimum Gasteiger partial charge on any atom is -0.497 e. The Morgan fingerprint density at radius 1 is 1.06 bits per heavy atom. The third-order valence-corrected chi connectivity index (χ3v) is 6.47. The monoisotopic (exact) mass is 472 g/mol. The molecule has 9 nitrogen and oxygen atoms in total. The highest BCUT2D eigenvalue weighted by atomic mass is 16.5. The lowest BCUT2D eigenvalue weighted by molar-refractivity contribution is -0.135. The normalized spacial score (nSPS) is 16.7. The average Bonchev–Trinajstić information content (AvgIpc) is 3.63. The first-order valence-electron chi connectivity index (χ1n) is 11.9. The Labute approximate surface area is 203 Å². The molecule has 1 N–H and O–H groups in total. The SMILES string of the molecule is COc1ccc(C2CC(c3ccccc3)=NN2C(=O)CCC(=O)NCc2nnc3n2CCC3)cc1. The number of amides is 2. The third kappa shape index (κ3) is 4.94. The number of carbonyl (C=O) groups excluding carboxylic acids is 2. The van der Waals surface area contributed by atoms with Gasteiger partial charge in [-0.25, -0.2) is 5.01 Å². The molecule has 0 aliphatic carbocycles. The quantitative estimate of drug-likeness (QED) is 0.543. The second-order valence-corrected chi connectivity index (χ2v) is 8.71. The topological polar surface area (TPSA) is 102 Å². The highest BCUT2D eigenvalue weighted by Crippen LogP contribution is 2.34. The summed E-state index contributed by atoms with van der Waals surface area (Å²) < 4.78 is 7.32. The van der Waals surface area contributed by atoms with Gasteiger partial charge < -0.3 is 14.6 Å². The van der Waals surface area contributed by atoms with E-state index in [1.807, 2.05) is 54.6 Å². The maximum Gasteiger partial charge on any atom is 0.243 e. The number of fused-ring (bicyclic) bond motifs is 1. The number of nitrogens with zero attached hydrogens (tertiary/aromatic N) is 5. The molecule has 2 aliphatic heterocycles. The Morgan fingerprint density at radius 3 is 2.63 bits per heavy atom. The van der Waals surface area contributed by atoms with E-state index in [2.05, 4.69) is 25.2 Å². The van der Waals surface area contributed by atoms with Gasteiger partial charge in [0.05, 0.1) is 25.4 Å². The molecule has 2 aromatic carbocycles. The Kier molecular flexibility index (Phi) is 6.56. The number of hydrazone groups is 1. The van der Waals surface area contributed by atoms with Crippen LogP contribution in [0.4, 0.5) is 0 Å². The molecule has 35 heavy (non-hydrogen) atoms. The fourth-order valence-corrected chi connectivity index (χ4v) is 4.57. The smallest absolute Gasteiger partial charge is 0.243 e. The van der Waals surface area contributed by atoms with Gasteiger partial charge in [-0.1, -0.05) is 42.5 Å². The van der Waals surface area contributed by atoms with Crippen molar-refractivity contribution in [1.82, 2.24) is 25.1 Å². The first kappa shape index (κ1) is 22.8. The summed E-state index contributed by atoms with van der Waals surface area (Å²) >= 11 is 0. The molecule has 0 spiro atoms. The Morgan fingerprint density at radius 2 is 1.86 bits per heavy atom. The van der Waals surface area contributed by atoms with Crippen LogP contribution in [0.2, 0.25) is 0 Å². The number of benzene rings is 2. The third-order valence-electron chi connectivity index (χ3n) is 6.47. The number of hydrogen-bond donors (Lipinski definition) is 1. The molecule has 180 valence electrons. The summed E-state index contributed by atoms with van der Waals surface area (Å²) in [7, 11) is 1.62. The molecule has 0 radical (unpaired) electrons. The lowest BCUT2D eigenvalue weighted by atomic mass is 9.98. The maximum absolute atomic E-state index is 13.2. The van der Waals surface area contributed by atoms with Gasteiger partial charge in [-0.3, -0.25) is 9.59 Å². The first-order chi connectivity index (χ1) is 17.1. The van der Waals surface area contributed by atoms with Crippen molar-refractivity contribution in [3.05, 3.63) is 77.4 Å². The second-order valence-electron chi connectivity index (χ2n) is 8.71. The van der Waals surface area contributed by atoms with Gasteiger partial charge in [-0.15, -0.1) is 10.2 Å². The summed E-state index contributed by atoms with van der Waals surface area (Å²) in [5.74, 6) is 2.10. The summed E-state index contributed by atoms with van der Waals surface area (Å²) in [5, 5.41) is 17.4. The molecular formula is C26H28N6O3. The van der Waals surface area contributed by atoms with Gasteiger partial charge in [0.25, 0.3) is 0 Å². The van der Waals surface area contributed by atoms with E-state index in [1.165, 1.54) is 5.01 Å². The van der Waals surface area contributed by atoms with E-state index < -0.39 is 0 Å². The van der Waals surface area contributed by atoms with Crippen LogP contribution in [0.3, 0.4) is 0 Å². The molecule has 9 heteroatoms. The van der Waals surface area contributed by atoms with Crippen LogP contribution < -0.4 is 10.1 Å². The summed E-state index contributed by atoms with van der Waals surface area (Å²) in [5.41, 5.74) is 2.81. The first-order valence-corrected chi connectivity index (χ1v) is 11.9. The molecule has 1 atom stereocenters. The number of methoxy groups -OCH3 is 1. The van der Waals surface area contributed by atoms with Crippen LogP contribution in [0.15, 0.2) is 59.7 Å². The lowest BCUT2D eigenvalue weighted by Gasteiger charge is -2.22. The van der Waals surface area contributed by atoms with E-state index in [-0.39, 0.29) is 30.7 Å². The minimum absolute atomic E-state index is 0.0714. The molecule has 0 bridgehead atoms. The van der Waals surface area contributed by atoms with Crippen LogP contribution in [-0.2, 0) is 29.1 Å². The second kappa shape index (κ2) is 10.1. The molecule has 3 aromatic rings. The van der Waals surface area contributed by atoms with Crippen LogP contribution in [0.5, 0.6) is 5.75 Å². The van der Waals surface area contributed by atoms with Crippen molar-refractivity contribution in [1.29, 1.82) is 0 Å². The van der Waals surface area contributed by atoms with Crippen molar-refractivity contribution in [2.45, 2.75) is 51.2 Å². The molecule has 2 aliphatic rings. The number of rotatable bonds is 8.